The molecule has 1 aliphatic heterocycles. The first-order chi connectivity index (χ1) is 17.1. The van der Waals surface area contributed by atoms with Crippen LogP contribution in [0.1, 0.15) is 45.2 Å². The summed E-state index contributed by atoms with van der Waals surface area (Å²) in [6, 6.07) is 4.59. The molecule has 0 bridgehead atoms. The summed E-state index contributed by atoms with van der Waals surface area (Å²) < 4.78 is 18.9. The van der Waals surface area contributed by atoms with Gasteiger partial charge in [0.05, 0.1) is 30.9 Å². The van der Waals surface area contributed by atoms with Gasteiger partial charge in [0.15, 0.2) is 0 Å². The molecule has 11 nitrogen and oxygen atoms in total. The quantitative estimate of drug-likeness (QED) is 0.317. The van der Waals surface area contributed by atoms with Crippen molar-refractivity contribution in [2.45, 2.75) is 45.3 Å². The van der Waals surface area contributed by atoms with Crippen molar-refractivity contribution in [1.29, 1.82) is 0 Å². The van der Waals surface area contributed by atoms with Crippen LogP contribution in [-0.2, 0) is 30.8 Å². The van der Waals surface area contributed by atoms with Gasteiger partial charge in [-0.3, -0.25) is 24.0 Å². The number of imidazole rings is 1. The molecule has 1 aliphatic rings. The van der Waals surface area contributed by atoms with Crippen LogP contribution in [0.25, 0.3) is 11.0 Å². The lowest BCUT2D eigenvalue weighted by Crippen LogP contribution is -2.44. The third kappa shape index (κ3) is 7.19. The summed E-state index contributed by atoms with van der Waals surface area (Å²) in [5, 5.41) is 4.90. The Kier molecular flexibility index (Phi) is 8.90. The van der Waals surface area contributed by atoms with Crippen molar-refractivity contribution >= 4 is 28.9 Å². The van der Waals surface area contributed by atoms with E-state index < -0.39 is 23.6 Å². The molecule has 0 saturated carbocycles. The van der Waals surface area contributed by atoms with E-state index in [1.54, 1.807) is 46.0 Å². The van der Waals surface area contributed by atoms with Crippen LogP contribution in [0.2, 0.25) is 0 Å². The molecule has 1 saturated heterocycles. The number of hydrogen-bond donors (Lipinski definition) is 2. The Morgan fingerprint density at radius 2 is 1.89 bits per heavy atom. The third-order valence-electron chi connectivity index (χ3n) is 5.30. The van der Waals surface area contributed by atoms with Gasteiger partial charge in [0.1, 0.15) is 18.2 Å². The Hall–Kier alpha value is -3.62. The number of carbonyl (C=O) groups excluding carboxylic acids is 3. The molecule has 11 heteroatoms. The minimum absolute atomic E-state index is 0.191. The predicted molar refractivity (Wildman–Crippen MR) is 131 cm³/mol. The Morgan fingerprint density at radius 3 is 2.61 bits per heavy atom. The molecule has 3 rings (SSSR count). The summed E-state index contributed by atoms with van der Waals surface area (Å²) in [4.78, 5) is 48.1. The number of imide groups is 1. The van der Waals surface area contributed by atoms with E-state index >= 15 is 0 Å². The van der Waals surface area contributed by atoms with Gasteiger partial charge in [-0.15, -0.1) is 0 Å². The number of benzene rings is 1. The Morgan fingerprint density at radius 1 is 1.14 bits per heavy atom. The van der Waals surface area contributed by atoms with Gasteiger partial charge in [-0.25, -0.2) is 9.59 Å². The topological polar surface area (TPSA) is 130 Å². The largest absolute Gasteiger partial charge is 0.444 e. The maximum Gasteiger partial charge on any atom is 0.407 e. The molecular weight excluding hydrogens is 468 g/mol. The normalized spacial score (nSPS) is 15.8. The van der Waals surface area contributed by atoms with E-state index in [4.69, 9.17) is 14.2 Å². The lowest BCUT2D eigenvalue weighted by Gasteiger charge is -2.21. The van der Waals surface area contributed by atoms with Crippen LogP contribution in [0.4, 0.5) is 4.79 Å². The maximum absolute atomic E-state index is 12.8. The molecule has 2 heterocycles. The first-order valence-electron chi connectivity index (χ1n) is 11.7. The third-order valence-corrected chi connectivity index (χ3v) is 5.30. The minimum atomic E-state index is -0.723. The Labute approximate surface area is 209 Å². The zero-order valence-electron chi connectivity index (χ0n) is 21.0. The maximum atomic E-state index is 12.8. The van der Waals surface area contributed by atoms with E-state index in [-0.39, 0.29) is 31.0 Å². The second-order valence-electron chi connectivity index (χ2n) is 9.28. The number of fused-ring (bicyclic) bond motifs is 1. The SMILES string of the molecule is Cn1c(=O)n(C2CCC(=O)NC2=O)c2ccc(C#CCOCCOCCNC(=O)OC(C)(C)C)cc21. The predicted octanol–water partition coefficient (Wildman–Crippen LogP) is 1.23. The molecule has 1 aromatic heterocycles. The van der Waals surface area contributed by atoms with E-state index in [1.807, 2.05) is 0 Å². The number of aromatic nitrogens is 2. The molecule has 2 N–H and O–H groups in total. The number of ether oxygens (including phenoxy) is 3. The van der Waals surface area contributed by atoms with Gasteiger partial charge >= 0.3 is 11.8 Å². The molecule has 194 valence electrons. The molecule has 0 spiro atoms. The molecule has 1 unspecified atom stereocenters. The smallest absolute Gasteiger partial charge is 0.407 e. The fraction of sp³-hybridized carbons (Fsp3) is 0.520. The number of amides is 3. The molecule has 3 amide bonds. The zero-order valence-corrected chi connectivity index (χ0v) is 21.0. The molecule has 1 atom stereocenters. The van der Waals surface area contributed by atoms with E-state index in [9.17, 15) is 19.2 Å². The van der Waals surface area contributed by atoms with Crippen LogP contribution in [0.5, 0.6) is 0 Å². The van der Waals surface area contributed by atoms with Gasteiger partial charge in [-0.2, -0.15) is 0 Å². The van der Waals surface area contributed by atoms with E-state index in [1.165, 1.54) is 9.13 Å². The molecule has 1 fully saturated rings. The minimum Gasteiger partial charge on any atom is -0.444 e. The van der Waals surface area contributed by atoms with Crippen molar-refractivity contribution in [3.05, 3.63) is 34.2 Å². The monoisotopic (exact) mass is 500 g/mol. The summed E-state index contributed by atoms with van der Waals surface area (Å²) in [7, 11) is 1.64. The highest BCUT2D eigenvalue weighted by molar-refractivity contribution is 6.00. The number of piperidine rings is 1. The lowest BCUT2D eigenvalue weighted by molar-refractivity contribution is -0.135. The number of carbonyl (C=O) groups is 3. The van der Waals surface area contributed by atoms with Crippen LogP contribution < -0.4 is 16.3 Å². The molecule has 36 heavy (non-hydrogen) atoms. The van der Waals surface area contributed by atoms with Crippen LogP contribution in [-0.4, -0.2) is 65.6 Å². The highest BCUT2D eigenvalue weighted by atomic mass is 16.6. The van der Waals surface area contributed by atoms with E-state index in [0.717, 1.165) is 0 Å². The van der Waals surface area contributed by atoms with E-state index in [0.29, 0.717) is 43.0 Å². The van der Waals surface area contributed by atoms with Gasteiger partial charge in [-0.1, -0.05) is 11.8 Å². The molecule has 1 aromatic carbocycles. The standard InChI is InChI=1S/C25H32N4O7/c1-25(2,3)36-23(32)26-11-13-35-15-14-34-12-5-6-17-7-8-18-20(16-17)28(4)24(33)29(18)19-9-10-21(30)27-22(19)31/h7-8,16,19H,9-15H2,1-4H3,(H,26,32)(H,27,30,31). The summed E-state index contributed by atoms with van der Waals surface area (Å²) in [6.45, 7) is 6.98. The summed E-state index contributed by atoms with van der Waals surface area (Å²) in [6.07, 6.45) is -0.00739. The van der Waals surface area contributed by atoms with Gasteiger partial charge in [0.25, 0.3) is 0 Å². The van der Waals surface area contributed by atoms with Crippen molar-refractivity contribution in [2.75, 3.05) is 33.0 Å². The van der Waals surface area contributed by atoms with Crippen LogP contribution >= 0.6 is 0 Å². The number of nitrogens with one attached hydrogen (secondary N) is 2. The lowest BCUT2D eigenvalue weighted by atomic mass is 10.1. The first-order valence-corrected chi connectivity index (χ1v) is 11.7. The van der Waals surface area contributed by atoms with Gasteiger partial charge in [0, 0.05) is 25.6 Å². The number of hydrogen-bond acceptors (Lipinski definition) is 7. The van der Waals surface area contributed by atoms with Crippen LogP contribution in [0.15, 0.2) is 23.0 Å². The van der Waals surface area contributed by atoms with Crippen LogP contribution in [0, 0.1) is 11.8 Å². The summed E-state index contributed by atoms with van der Waals surface area (Å²) in [5.74, 6) is 5.13. The Bertz CT molecular complexity index is 1240. The number of alkyl carbamates (subject to hydrolysis) is 1. The van der Waals surface area contributed by atoms with Crippen molar-refractivity contribution in [1.82, 2.24) is 19.8 Å². The van der Waals surface area contributed by atoms with Crippen molar-refractivity contribution in [2.24, 2.45) is 7.05 Å². The average molecular weight is 501 g/mol. The first kappa shape index (κ1) is 27.0. The fourth-order valence-electron chi connectivity index (χ4n) is 3.69. The molecule has 0 aliphatic carbocycles. The fourth-order valence-corrected chi connectivity index (χ4v) is 3.69. The highest BCUT2D eigenvalue weighted by Gasteiger charge is 2.31. The van der Waals surface area contributed by atoms with E-state index in [2.05, 4.69) is 22.5 Å². The summed E-state index contributed by atoms with van der Waals surface area (Å²) in [5.41, 5.74) is 1.09. The van der Waals surface area contributed by atoms with Gasteiger partial charge in [0.2, 0.25) is 11.8 Å². The summed E-state index contributed by atoms with van der Waals surface area (Å²) >= 11 is 0. The molecular formula is C25H32N4O7. The highest BCUT2D eigenvalue weighted by Crippen LogP contribution is 2.23. The van der Waals surface area contributed by atoms with Gasteiger partial charge in [-0.05, 0) is 45.4 Å². The second-order valence-corrected chi connectivity index (χ2v) is 9.28. The van der Waals surface area contributed by atoms with Gasteiger partial charge < -0.3 is 19.5 Å². The van der Waals surface area contributed by atoms with Crippen molar-refractivity contribution in [3.63, 3.8) is 0 Å². The molecule has 0 radical (unpaired) electrons. The number of nitrogens with zero attached hydrogens (tertiary/aromatic N) is 2. The average Bonchev–Trinajstić information content (AvgIpc) is 3.04. The van der Waals surface area contributed by atoms with Crippen molar-refractivity contribution in [3.8, 4) is 11.8 Å². The number of aryl methyl sites for hydroxylation is 1. The van der Waals surface area contributed by atoms with Crippen molar-refractivity contribution < 1.29 is 28.6 Å². The second kappa shape index (κ2) is 11.9. The Balaban J connectivity index is 1.45. The molecule has 2 aromatic rings. The zero-order chi connectivity index (χ0) is 26.3. The van der Waals surface area contributed by atoms with Crippen LogP contribution in [0.3, 0.4) is 0 Å². The number of rotatable bonds is 8.